The van der Waals surface area contributed by atoms with E-state index in [4.69, 9.17) is 4.74 Å². The van der Waals surface area contributed by atoms with E-state index < -0.39 is 0 Å². The summed E-state index contributed by atoms with van der Waals surface area (Å²) in [5, 5.41) is 2.92. The minimum absolute atomic E-state index is 0.104. The molecule has 0 bridgehead atoms. The lowest BCUT2D eigenvalue weighted by molar-refractivity contribution is 0.0946. The fourth-order valence-corrected chi connectivity index (χ4v) is 2.54. The third-order valence-corrected chi connectivity index (χ3v) is 3.96. The molecule has 1 amide bonds. The van der Waals surface area contributed by atoms with Crippen LogP contribution in [0, 0.1) is 0 Å². The van der Waals surface area contributed by atoms with E-state index in [0.29, 0.717) is 18.0 Å². The molecule has 0 radical (unpaired) electrons. The van der Waals surface area contributed by atoms with Crippen LogP contribution >= 0.6 is 0 Å². The van der Waals surface area contributed by atoms with Crippen LogP contribution in [0.5, 0.6) is 5.75 Å². The molecule has 1 aromatic heterocycles. The zero-order valence-electron chi connectivity index (χ0n) is 12.2. The van der Waals surface area contributed by atoms with Crippen molar-refractivity contribution in [2.24, 2.45) is 0 Å². The average molecular weight is 282 g/mol. The molecule has 1 aliphatic rings. The molecule has 0 fully saturated rings. The van der Waals surface area contributed by atoms with Gasteiger partial charge in [-0.2, -0.15) is 0 Å². The van der Waals surface area contributed by atoms with Gasteiger partial charge in [0.1, 0.15) is 11.9 Å². The van der Waals surface area contributed by atoms with Crippen molar-refractivity contribution in [2.75, 3.05) is 0 Å². The molecular weight excluding hydrogens is 264 g/mol. The first-order chi connectivity index (χ1) is 10.2. The lowest BCUT2D eigenvalue weighted by Gasteiger charge is -2.10. The van der Waals surface area contributed by atoms with Gasteiger partial charge < -0.3 is 10.1 Å². The zero-order chi connectivity index (χ0) is 14.8. The molecule has 108 valence electrons. The van der Waals surface area contributed by atoms with Crippen molar-refractivity contribution in [2.45, 2.75) is 32.4 Å². The van der Waals surface area contributed by atoms with Crippen LogP contribution in [0.4, 0.5) is 0 Å². The molecule has 2 heterocycles. The van der Waals surface area contributed by atoms with Gasteiger partial charge in [0.25, 0.3) is 5.91 Å². The van der Waals surface area contributed by atoms with Gasteiger partial charge in [0.15, 0.2) is 0 Å². The number of carbonyl (C=O) groups is 1. The van der Waals surface area contributed by atoms with E-state index in [1.54, 1.807) is 12.4 Å². The second-order valence-electron chi connectivity index (χ2n) is 5.38. The summed E-state index contributed by atoms with van der Waals surface area (Å²) >= 11 is 0. The normalized spacial score (nSPS) is 19.7. The van der Waals surface area contributed by atoms with Crippen molar-refractivity contribution in [1.82, 2.24) is 10.3 Å². The quantitative estimate of drug-likeness (QED) is 0.941. The molecule has 4 heteroatoms. The molecular formula is C17H18N2O2. The molecule has 2 unspecified atom stereocenters. The molecule has 2 aromatic rings. The van der Waals surface area contributed by atoms with Crippen LogP contribution in [0.3, 0.4) is 0 Å². The van der Waals surface area contributed by atoms with Crippen molar-refractivity contribution < 1.29 is 9.53 Å². The molecule has 1 aromatic carbocycles. The number of pyridine rings is 1. The molecule has 0 saturated carbocycles. The molecule has 3 rings (SSSR count). The fourth-order valence-electron chi connectivity index (χ4n) is 2.54. The molecule has 4 nitrogen and oxygen atoms in total. The smallest absolute Gasteiger partial charge is 0.255 e. The van der Waals surface area contributed by atoms with Gasteiger partial charge in [0.05, 0.1) is 5.56 Å². The lowest BCUT2D eigenvalue weighted by Crippen LogP contribution is -2.23. The number of rotatable bonds is 3. The molecule has 1 aliphatic heterocycles. The largest absolute Gasteiger partial charge is 0.489 e. The van der Waals surface area contributed by atoms with Crippen LogP contribution in [0.1, 0.15) is 41.3 Å². The van der Waals surface area contributed by atoms with Crippen LogP contribution in [-0.4, -0.2) is 17.0 Å². The first-order valence-corrected chi connectivity index (χ1v) is 7.13. The Bertz CT molecular complexity index is 655. The topological polar surface area (TPSA) is 51.2 Å². The van der Waals surface area contributed by atoms with Gasteiger partial charge in [0, 0.05) is 30.4 Å². The Kier molecular flexibility index (Phi) is 3.60. The number of ether oxygens (including phenoxy) is 1. The Morgan fingerprint density at radius 2 is 2.14 bits per heavy atom. The summed E-state index contributed by atoms with van der Waals surface area (Å²) in [5.41, 5.74) is 2.69. The third kappa shape index (κ3) is 2.61. The summed E-state index contributed by atoms with van der Waals surface area (Å²) in [4.78, 5) is 16.4. The van der Waals surface area contributed by atoms with Gasteiger partial charge in [-0.25, -0.2) is 0 Å². The molecule has 1 N–H and O–H groups in total. The predicted octanol–water partition coefficient (Wildman–Crippen LogP) is 2.90. The Morgan fingerprint density at radius 1 is 1.29 bits per heavy atom. The highest BCUT2D eigenvalue weighted by atomic mass is 16.5. The minimum atomic E-state index is -0.114. The SMILES string of the molecule is CC1Oc2c(C(=O)NCc3cccnc3)cccc2C1C. The van der Waals surface area contributed by atoms with Gasteiger partial charge in [0.2, 0.25) is 0 Å². The summed E-state index contributed by atoms with van der Waals surface area (Å²) < 4.78 is 5.85. The van der Waals surface area contributed by atoms with Gasteiger partial charge in [-0.3, -0.25) is 9.78 Å². The molecule has 0 aliphatic carbocycles. The van der Waals surface area contributed by atoms with E-state index >= 15 is 0 Å². The number of nitrogens with one attached hydrogen (secondary N) is 1. The number of hydrogen-bond donors (Lipinski definition) is 1. The van der Waals surface area contributed by atoms with Crippen LogP contribution in [-0.2, 0) is 6.54 Å². The van der Waals surface area contributed by atoms with E-state index in [9.17, 15) is 4.79 Å². The fraction of sp³-hybridized carbons (Fsp3) is 0.294. The van der Waals surface area contributed by atoms with Crippen molar-refractivity contribution >= 4 is 5.91 Å². The van der Waals surface area contributed by atoms with Gasteiger partial charge >= 0.3 is 0 Å². The Balaban J connectivity index is 1.77. The maximum atomic E-state index is 12.4. The highest BCUT2D eigenvalue weighted by Gasteiger charge is 2.30. The van der Waals surface area contributed by atoms with E-state index in [-0.39, 0.29) is 12.0 Å². The number of amides is 1. The van der Waals surface area contributed by atoms with E-state index in [2.05, 4.69) is 17.2 Å². The molecule has 2 atom stereocenters. The number of fused-ring (bicyclic) bond motifs is 1. The second kappa shape index (κ2) is 5.56. The number of carbonyl (C=O) groups excluding carboxylic acids is 1. The molecule has 0 spiro atoms. The maximum Gasteiger partial charge on any atom is 0.255 e. The van der Waals surface area contributed by atoms with E-state index in [0.717, 1.165) is 16.9 Å². The van der Waals surface area contributed by atoms with E-state index in [1.807, 2.05) is 37.3 Å². The van der Waals surface area contributed by atoms with Crippen molar-refractivity contribution in [3.63, 3.8) is 0 Å². The summed E-state index contributed by atoms with van der Waals surface area (Å²) in [6.45, 7) is 4.61. The number of aromatic nitrogens is 1. The van der Waals surface area contributed by atoms with Crippen molar-refractivity contribution in [3.8, 4) is 5.75 Å². The highest BCUT2D eigenvalue weighted by molar-refractivity contribution is 5.97. The van der Waals surface area contributed by atoms with Crippen LogP contribution in [0.2, 0.25) is 0 Å². The average Bonchev–Trinajstić information content (AvgIpc) is 2.81. The predicted molar refractivity (Wildman–Crippen MR) is 80.4 cm³/mol. The lowest BCUT2D eigenvalue weighted by atomic mass is 9.97. The number of hydrogen-bond acceptors (Lipinski definition) is 3. The maximum absolute atomic E-state index is 12.4. The number of nitrogens with zero attached hydrogens (tertiary/aromatic N) is 1. The Hall–Kier alpha value is -2.36. The minimum Gasteiger partial charge on any atom is -0.489 e. The van der Waals surface area contributed by atoms with Gasteiger partial charge in [-0.1, -0.05) is 25.1 Å². The zero-order valence-corrected chi connectivity index (χ0v) is 12.2. The molecule has 0 saturated heterocycles. The Labute approximate surface area is 124 Å². The monoisotopic (exact) mass is 282 g/mol. The summed E-state index contributed by atoms with van der Waals surface area (Å²) in [5.74, 6) is 0.921. The number of benzene rings is 1. The van der Waals surface area contributed by atoms with Crippen LogP contribution < -0.4 is 10.1 Å². The second-order valence-corrected chi connectivity index (χ2v) is 5.38. The highest BCUT2D eigenvalue weighted by Crippen LogP contribution is 2.40. The van der Waals surface area contributed by atoms with Gasteiger partial charge in [-0.15, -0.1) is 0 Å². The molecule has 21 heavy (non-hydrogen) atoms. The summed E-state index contributed by atoms with van der Waals surface area (Å²) in [7, 11) is 0. The first-order valence-electron chi connectivity index (χ1n) is 7.13. The van der Waals surface area contributed by atoms with Crippen LogP contribution in [0.15, 0.2) is 42.7 Å². The van der Waals surface area contributed by atoms with Crippen LogP contribution in [0.25, 0.3) is 0 Å². The third-order valence-electron chi connectivity index (χ3n) is 3.96. The van der Waals surface area contributed by atoms with Crippen molar-refractivity contribution in [1.29, 1.82) is 0 Å². The van der Waals surface area contributed by atoms with Crippen molar-refractivity contribution in [3.05, 3.63) is 59.4 Å². The summed E-state index contributed by atoms with van der Waals surface area (Å²) in [6.07, 6.45) is 3.56. The number of para-hydroxylation sites is 1. The van der Waals surface area contributed by atoms with Gasteiger partial charge in [-0.05, 0) is 24.6 Å². The van der Waals surface area contributed by atoms with E-state index in [1.165, 1.54) is 0 Å². The standard InChI is InChI=1S/C17H18N2O2/c1-11-12(2)21-16-14(11)6-3-7-15(16)17(20)19-10-13-5-4-8-18-9-13/h3-9,11-12H,10H2,1-2H3,(H,19,20). The first kappa shape index (κ1) is 13.6. The summed E-state index contributed by atoms with van der Waals surface area (Å²) in [6, 6.07) is 9.54. The Morgan fingerprint density at radius 3 is 2.90 bits per heavy atom.